The van der Waals surface area contributed by atoms with Crippen molar-refractivity contribution in [3.05, 3.63) is 24.3 Å². The second kappa shape index (κ2) is 6.56. The van der Waals surface area contributed by atoms with Crippen LogP contribution in [0, 0.1) is 0 Å². The molecule has 0 aromatic heterocycles. The van der Waals surface area contributed by atoms with Gasteiger partial charge in [-0.3, -0.25) is 0 Å². The van der Waals surface area contributed by atoms with Gasteiger partial charge in [0.2, 0.25) is 10.0 Å². The fraction of sp³-hybridized carbons (Fsp3) is 0.571. The fourth-order valence-corrected chi connectivity index (χ4v) is 3.43. The maximum Gasteiger partial charge on any atom is 0.244 e. The van der Waals surface area contributed by atoms with Gasteiger partial charge in [-0.15, -0.1) is 0 Å². The van der Waals surface area contributed by atoms with Gasteiger partial charge in [-0.2, -0.15) is 0 Å². The standard InChI is InChI=1S/C14H23N3O2S/c1-17(2)20(18,19)14-9-4-3-8-13(14)16-11-12-7-5-6-10-15-12/h3-4,8-9,12,15-16H,5-7,10-11H2,1-2H3. The first-order valence-electron chi connectivity index (χ1n) is 7.00. The number of piperidine rings is 1. The molecule has 1 aromatic rings. The third-order valence-corrected chi connectivity index (χ3v) is 5.47. The Labute approximate surface area is 121 Å². The van der Waals surface area contributed by atoms with Gasteiger partial charge in [0.05, 0.1) is 5.69 Å². The van der Waals surface area contributed by atoms with Gasteiger partial charge < -0.3 is 10.6 Å². The molecule has 2 rings (SSSR count). The van der Waals surface area contributed by atoms with Crippen molar-refractivity contribution in [1.82, 2.24) is 9.62 Å². The summed E-state index contributed by atoms with van der Waals surface area (Å²) in [5.41, 5.74) is 0.675. The largest absolute Gasteiger partial charge is 0.382 e. The highest BCUT2D eigenvalue weighted by Gasteiger charge is 2.21. The molecule has 1 atom stereocenters. The molecule has 1 heterocycles. The van der Waals surface area contributed by atoms with Crippen LogP contribution in [0.2, 0.25) is 0 Å². The molecule has 1 aliphatic rings. The van der Waals surface area contributed by atoms with Gasteiger partial charge in [-0.1, -0.05) is 18.6 Å². The van der Waals surface area contributed by atoms with Crippen LogP contribution in [0.15, 0.2) is 29.2 Å². The zero-order valence-corrected chi connectivity index (χ0v) is 12.9. The highest BCUT2D eigenvalue weighted by molar-refractivity contribution is 7.89. The van der Waals surface area contributed by atoms with Gasteiger partial charge in [-0.05, 0) is 31.5 Å². The van der Waals surface area contributed by atoms with E-state index in [0.717, 1.165) is 19.5 Å². The van der Waals surface area contributed by atoms with E-state index in [1.54, 1.807) is 26.2 Å². The van der Waals surface area contributed by atoms with Crippen molar-refractivity contribution in [3.63, 3.8) is 0 Å². The predicted molar refractivity (Wildman–Crippen MR) is 81.4 cm³/mol. The number of sulfonamides is 1. The van der Waals surface area contributed by atoms with Gasteiger partial charge in [0.25, 0.3) is 0 Å². The molecule has 1 aromatic carbocycles. The average molecular weight is 297 g/mol. The Kier molecular flexibility index (Phi) is 5.01. The summed E-state index contributed by atoms with van der Waals surface area (Å²) < 4.78 is 25.8. The maximum absolute atomic E-state index is 12.3. The van der Waals surface area contributed by atoms with Gasteiger partial charge in [0.15, 0.2) is 0 Å². The molecule has 1 fully saturated rings. The molecule has 0 radical (unpaired) electrons. The number of para-hydroxylation sites is 1. The lowest BCUT2D eigenvalue weighted by molar-refractivity contribution is 0.414. The fourth-order valence-electron chi connectivity index (χ4n) is 2.37. The van der Waals surface area contributed by atoms with Crippen LogP contribution < -0.4 is 10.6 Å². The third kappa shape index (κ3) is 3.50. The number of rotatable bonds is 5. The summed E-state index contributed by atoms with van der Waals surface area (Å²) >= 11 is 0. The van der Waals surface area contributed by atoms with E-state index in [9.17, 15) is 8.42 Å². The molecule has 0 bridgehead atoms. The van der Waals surface area contributed by atoms with Crippen molar-refractivity contribution in [2.45, 2.75) is 30.2 Å². The first-order valence-corrected chi connectivity index (χ1v) is 8.44. The van der Waals surface area contributed by atoms with E-state index in [-0.39, 0.29) is 0 Å². The summed E-state index contributed by atoms with van der Waals surface area (Å²) in [6, 6.07) is 7.48. The minimum absolute atomic E-state index is 0.334. The third-order valence-electron chi connectivity index (χ3n) is 3.60. The van der Waals surface area contributed by atoms with Gasteiger partial charge in [0, 0.05) is 26.7 Å². The van der Waals surface area contributed by atoms with Crippen molar-refractivity contribution in [3.8, 4) is 0 Å². The number of anilines is 1. The van der Waals surface area contributed by atoms with Crippen LogP contribution >= 0.6 is 0 Å². The summed E-state index contributed by atoms with van der Waals surface area (Å²) in [5.74, 6) is 0. The molecule has 20 heavy (non-hydrogen) atoms. The number of benzene rings is 1. The molecule has 1 unspecified atom stereocenters. The minimum Gasteiger partial charge on any atom is -0.382 e. The first-order chi connectivity index (χ1) is 9.51. The number of nitrogens with zero attached hydrogens (tertiary/aromatic N) is 1. The Balaban J connectivity index is 2.12. The number of hydrogen-bond donors (Lipinski definition) is 2. The predicted octanol–water partition coefficient (Wildman–Crippen LogP) is 1.49. The lowest BCUT2D eigenvalue weighted by Gasteiger charge is -2.25. The minimum atomic E-state index is -3.41. The summed E-state index contributed by atoms with van der Waals surface area (Å²) in [6.07, 6.45) is 3.59. The lowest BCUT2D eigenvalue weighted by Crippen LogP contribution is -2.39. The van der Waals surface area contributed by atoms with E-state index in [1.807, 2.05) is 12.1 Å². The second-order valence-electron chi connectivity index (χ2n) is 5.31. The van der Waals surface area contributed by atoms with E-state index < -0.39 is 10.0 Å². The molecular weight excluding hydrogens is 274 g/mol. The van der Waals surface area contributed by atoms with E-state index in [1.165, 1.54) is 17.1 Å². The zero-order chi connectivity index (χ0) is 14.6. The molecule has 2 N–H and O–H groups in total. The topological polar surface area (TPSA) is 61.4 Å². The van der Waals surface area contributed by atoms with Crippen molar-refractivity contribution in [2.75, 3.05) is 32.5 Å². The van der Waals surface area contributed by atoms with Gasteiger partial charge in [0.1, 0.15) is 4.90 Å². The summed E-state index contributed by atoms with van der Waals surface area (Å²) in [6.45, 7) is 1.80. The summed E-state index contributed by atoms with van der Waals surface area (Å²) in [7, 11) is -0.309. The SMILES string of the molecule is CN(C)S(=O)(=O)c1ccccc1NCC1CCCCN1. The molecule has 0 saturated carbocycles. The Bertz CT molecular complexity index is 537. The monoisotopic (exact) mass is 297 g/mol. The lowest BCUT2D eigenvalue weighted by atomic mass is 10.1. The molecule has 112 valence electrons. The molecule has 0 spiro atoms. The Morgan fingerprint density at radius 1 is 1.30 bits per heavy atom. The number of hydrogen-bond acceptors (Lipinski definition) is 4. The molecule has 6 heteroatoms. The summed E-state index contributed by atoms with van der Waals surface area (Å²) in [5, 5.41) is 6.72. The maximum atomic E-state index is 12.3. The number of nitrogens with one attached hydrogen (secondary N) is 2. The smallest absolute Gasteiger partial charge is 0.244 e. The Morgan fingerprint density at radius 3 is 2.70 bits per heavy atom. The van der Waals surface area contributed by atoms with Crippen molar-refractivity contribution >= 4 is 15.7 Å². The van der Waals surface area contributed by atoms with Crippen molar-refractivity contribution in [2.24, 2.45) is 0 Å². The average Bonchev–Trinajstić information content (AvgIpc) is 2.46. The van der Waals surface area contributed by atoms with Crippen LogP contribution in [-0.4, -0.2) is 45.9 Å². The first kappa shape index (κ1) is 15.3. The van der Waals surface area contributed by atoms with E-state index >= 15 is 0 Å². The zero-order valence-electron chi connectivity index (χ0n) is 12.1. The Hall–Kier alpha value is -1.11. The van der Waals surface area contributed by atoms with Gasteiger partial charge in [-0.25, -0.2) is 12.7 Å². The normalized spacial score (nSPS) is 20.1. The van der Waals surface area contributed by atoms with Crippen LogP contribution in [0.4, 0.5) is 5.69 Å². The highest BCUT2D eigenvalue weighted by atomic mass is 32.2. The quantitative estimate of drug-likeness (QED) is 0.864. The van der Waals surface area contributed by atoms with E-state index in [4.69, 9.17) is 0 Å². The van der Waals surface area contributed by atoms with Crippen LogP contribution in [0.5, 0.6) is 0 Å². The molecular formula is C14H23N3O2S. The van der Waals surface area contributed by atoms with Crippen LogP contribution in [-0.2, 0) is 10.0 Å². The Morgan fingerprint density at radius 2 is 2.05 bits per heavy atom. The highest BCUT2D eigenvalue weighted by Crippen LogP contribution is 2.23. The van der Waals surface area contributed by atoms with Crippen molar-refractivity contribution in [1.29, 1.82) is 0 Å². The second-order valence-corrected chi connectivity index (χ2v) is 7.43. The molecule has 5 nitrogen and oxygen atoms in total. The van der Waals surface area contributed by atoms with Gasteiger partial charge >= 0.3 is 0 Å². The van der Waals surface area contributed by atoms with Crippen LogP contribution in [0.1, 0.15) is 19.3 Å². The van der Waals surface area contributed by atoms with Crippen LogP contribution in [0.3, 0.4) is 0 Å². The molecule has 1 saturated heterocycles. The van der Waals surface area contributed by atoms with Crippen LogP contribution in [0.25, 0.3) is 0 Å². The van der Waals surface area contributed by atoms with Crippen molar-refractivity contribution < 1.29 is 8.42 Å². The summed E-state index contributed by atoms with van der Waals surface area (Å²) in [4.78, 5) is 0.334. The van der Waals surface area contributed by atoms with E-state index in [0.29, 0.717) is 16.6 Å². The van der Waals surface area contributed by atoms with E-state index in [2.05, 4.69) is 10.6 Å². The molecule has 1 aliphatic heterocycles. The molecule has 0 amide bonds. The molecule has 0 aliphatic carbocycles.